The third-order valence-corrected chi connectivity index (χ3v) is 10.1. The number of benzene rings is 8. The summed E-state index contributed by atoms with van der Waals surface area (Å²) in [4.78, 5) is 0. The molecule has 0 aliphatic carbocycles. The maximum atomic E-state index is 2.50. The largest absolute Gasteiger partial charge is 0.309 e. The van der Waals surface area contributed by atoms with Crippen molar-refractivity contribution in [2.24, 2.45) is 0 Å². The lowest BCUT2D eigenvalue weighted by molar-refractivity contribution is 1.17. The van der Waals surface area contributed by atoms with Crippen LogP contribution in [0.2, 0.25) is 0 Å². The molecule has 8 aromatic carbocycles. The van der Waals surface area contributed by atoms with Gasteiger partial charge in [0, 0.05) is 32.7 Å². The molecule has 2 heteroatoms. The molecule has 0 amide bonds. The number of nitrogens with zero attached hydrogens (tertiary/aromatic N) is 2. The molecular formula is C48H32N2. The van der Waals surface area contributed by atoms with E-state index in [1.165, 1.54) is 88.4 Å². The summed E-state index contributed by atoms with van der Waals surface area (Å²) in [6.07, 6.45) is 0. The number of rotatable bonds is 5. The van der Waals surface area contributed by atoms with E-state index in [2.05, 4.69) is 203 Å². The fourth-order valence-corrected chi connectivity index (χ4v) is 8.05. The summed E-state index contributed by atoms with van der Waals surface area (Å²) in [5.74, 6) is 0. The lowest BCUT2D eigenvalue weighted by atomic mass is 9.95. The van der Waals surface area contributed by atoms with Crippen LogP contribution in [0.15, 0.2) is 194 Å². The molecule has 2 heterocycles. The first-order chi connectivity index (χ1) is 24.9. The Kier molecular flexibility index (Phi) is 6.53. The van der Waals surface area contributed by atoms with Crippen LogP contribution in [0, 0.1) is 0 Å². The highest BCUT2D eigenvalue weighted by Crippen LogP contribution is 2.45. The van der Waals surface area contributed by atoms with Crippen molar-refractivity contribution in [2.45, 2.75) is 0 Å². The average Bonchev–Trinajstić information content (AvgIpc) is 3.72. The van der Waals surface area contributed by atoms with Gasteiger partial charge in [-0.1, -0.05) is 164 Å². The van der Waals surface area contributed by atoms with Crippen molar-refractivity contribution in [1.82, 2.24) is 9.13 Å². The summed E-state index contributed by atoms with van der Waals surface area (Å²) in [5, 5.41) is 4.99. The Balaban J connectivity index is 1.35. The zero-order chi connectivity index (χ0) is 33.0. The molecule has 0 aliphatic rings. The highest BCUT2D eigenvalue weighted by Gasteiger charge is 2.23. The monoisotopic (exact) mass is 636 g/mol. The van der Waals surface area contributed by atoms with Crippen molar-refractivity contribution in [3.05, 3.63) is 194 Å². The Morgan fingerprint density at radius 1 is 0.260 bits per heavy atom. The predicted molar refractivity (Wildman–Crippen MR) is 211 cm³/mol. The van der Waals surface area contributed by atoms with E-state index in [1.54, 1.807) is 0 Å². The Bertz CT molecular complexity index is 2780. The van der Waals surface area contributed by atoms with Gasteiger partial charge in [-0.15, -0.1) is 0 Å². The minimum Gasteiger partial charge on any atom is -0.309 e. The average molecular weight is 637 g/mol. The summed E-state index contributed by atoms with van der Waals surface area (Å²) in [5.41, 5.74) is 14.4. The van der Waals surface area contributed by atoms with Gasteiger partial charge in [0.2, 0.25) is 0 Å². The highest BCUT2D eigenvalue weighted by molar-refractivity contribution is 6.19. The summed E-state index contributed by atoms with van der Waals surface area (Å²) in [7, 11) is 0. The maximum absolute atomic E-state index is 2.50. The molecule has 50 heavy (non-hydrogen) atoms. The van der Waals surface area contributed by atoms with E-state index in [1.807, 2.05) is 0 Å². The van der Waals surface area contributed by atoms with Gasteiger partial charge in [0.1, 0.15) is 0 Å². The molecule has 0 atom stereocenters. The van der Waals surface area contributed by atoms with Crippen molar-refractivity contribution < 1.29 is 0 Å². The van der Waals surface area contributed by atoms with E-state index >= 15 is 0 Å². The van der Waals surface area contributed by atoms with E-state index in [0.717, 1.165) is 0 Å². The van der Waals surface area contributed by atoms with E-state index in [0.29, 0.717) is 0 Å². The Hall–Kier alpha value is -6.64. The Morgan fingerprint density at radius 3 is 1.26 bits per heavy atom. The number of hydrogen-bond donors (Lipinski definition) is 0. The van der Waals surface area contributed by atoms with Gasteiger partial charge in [0.15, 0.2) is 0 Å². The van der Waals surface area contributed by atoms with Gasteiger partial charge < -0.3 is 9.13 Å². The molecule has 234 valence electrons. The summed E-state index contributed by atoms with van der Waals surface area (Å²) in [6.45, 7) is 0. The van der Waals surface area contributed by atoms with Gasteiger partial charge in [-0.3, -0.25) is 0 Å². The Morgan fingerprint density at radius 2 is 0.660 bits per heavy atom. The number of hydrogen-bond acceptors (Lipinski definition) is 0. The van der Waals surface area contributed by atoms with Crippen LogP contribution in [-0.2, 0) is 0 Å². The highest BCUT2D eigenvalue weighted by atomic mass is 15.0. The third-order valence-electron chi connectivity index (χ3n) is 10.1. The van der Waals surface area contributed by atoms with Crippen LogP contribution in [0.25, 0.3) is 88.4 Å². The van der Waals surface area contributed by atoms with Gasteiger partial charge in [-0.25, -0.2) is 0 Å². The summed E-state index contributed by atoms with van der Waals surface area (Å²) >= 11 is 0. The lowest BCUT2D eigenvalue weighted by Crippen LogP contribution is -2.01. The van der Waals surface area contributed by atoms with Crippen LogP contribution in [0.4, 0.5) is 0 Å². The molecule has 0 unspecified atom stereocenters. The Labute approximate surface area is 290 Å². The topological polar surface area (TPSA) is 9.86 Å². The van der Waals surface area contributed by atoms with Crippen molar-refractivity contribution in [3.8, 4) is 44.8 Å². The van der Waals surface area contributed by atoms with E-state index in [4.69, 9.17) is 0 Å². The van der Waals surface area contributed by atoms with Crippen molar-refractivity contribution >= 4 is 43.6 Å². The summed E-state index contributed by atoms with van der Waals surface area (Å²) < 4.78 is 4.99. The molecule has 0 radical (unpaired) electrons. The van der Waals surface area contributed by atoms with Crippen LogP contribution < -0.4 is 0 Å². The van der Waals surface area contributed by atoms with E-state index in [-0.39, 0.29) is 0 Å². The molecule has 0 saturated carbocycles. The number of fused-ring (bicyclic) bond motifs is 6. The maximum Gasteiger partial charge on any atom is 0.0618 e. The van der Waals surface area contributed by atoms with Crippen LogP contribution >= 0.6 is 0 Å². The molecule has 2 aromatic heterocycles. The second-order valence-electron chi connectivity index (χ2n) is 12.9. The zero-order valence-corrected chi connectivity index (χ0v) is 27.4. The first-order valence-electron chi connectivity index (χ1n) is 17.2. The first kappa shape index (κ1) is 28.4. The fraction of sp³-hybridized carbons (Fsp3) is 0. The van der Waals surface area contributed by atoms with Gasteiger partial charge in [-0.05, 0) is 52.6 Å². The molecule has 2 nitrogen and oxygen atoms in total. The van der Waals surface area contributed by atoms with Crippen molar-refractivity contribution in [3.63, 3.8) is 0 Å². The van der Waals surface area contributed by atoms with Gasteiger partial charge in [0.25, 0.3) is 0 Å². The van der Waals surface area contributed by atoms with Crippen LogP contribution in [0.5, 0.6) is 0 Å². The number of para-hydroxylation sites is 3. The predicted octanol–water partition coefficient (Wildman–Crippen LogP) is 12.9. The molecule has 0 aliphatic heterocycles. The fourth-order valence-electron chi connectivity index (χ4n) is 8.05. The standard InChI is InChI=1S/C48H32N2/c1-4-17-33(18-5-1)36-25-15-30-43-46(36)39-23-10-12-28-41(39)49(43)44-31-16-32-45-47(44)40-24-11-13-29-42(40)50(45)48-37(34-19-6-2-7-20-34)26-14-27-38(48)35-21-8-3-9-22-35/h1-32H. The van der Waals surface area contributed by atoms with E-state index in [9.17, 15) is 0 Å². The smallest absolute Gasteiger partial charge is 0.0618 e. The van der Waals surface area contributed by atoms with Crippen molar-refractivity contribution in [2.75, 3.05) is 0 Å². The van der Waals surface area contributed by atoms with Gasteiger partial charge in [0.05, 0.1) is 33.4 Å². The summed E-state index contributed by atoms with van der Waals surface area (Å²) in [6, 6.07) is 70.3. The molecule has 0 spiro atoms. The molecule has 0 fully saturated rings. The first-order valence-corrected chi connectivity index (χ1v) is 17.2. The minimum atomic E-state index is 1.17. The molecule has 0 saturated heterocycles. The van der Waals surface area contributed by atoms with Crippen LogP contribution in [0.3, 0.4) is 0 Å². The van der Waals surface area contributed by atoms with Gasteiger partial charge in [-0.2, -0.15) is 0 Å². The third kappa shape index (κ3) is 4.29. The van der Waals surface area contributed by atoms with Crippen molar-refractivity contribution in [1.29, 1.82) is 0 Å². The quantitative estimate of drug-likeness (QED) is 0.178. The second-order valence-corrected chi connectivity index (χ2v) is 12.9. The normalized spacial score (nSPS) is 11.6. The molecule has 10 aromatic rings. The molecule has 0 N–H and O–H groups in total. The van der Waals surface area contributed by atoms with Crippen LogP contribution in [-0.4, -0.2) is 9.13 Å². The SMILES string of the molecule is c1ccc(-c2cccc(-c3ccccc3)c2-n2c3ccccc3c3c(-n4c5ccccc5c5c(-c6ccccc6)cccc54)cccc32)cc1. The zero-order valence-electron chi connectivity index (χ0n) is 27.4. The number of aromatic nitrogens is 2. The molecule has 10 rings (SSSR count). The molecule has 0 bridgehead atoms. The van der Waals surface area contributed by atoms with Crippen LogP contribution in [0.1, 0.15) is 0 Å². The second kappa shape index (κ2) is 11.5. The van der Waals surface area contributed by atoms with Gasteiger partial charge >= 0.3 is 0 Å². The van der Waals surface area contributed by atoms with E-state index < -0.39 is 0 Å². The minimum absolute atomic E-state index is 1.17. The lowest BCUT2D eigenvalue weighted by Gasteiger charge is -2.19. The molecular weight excluding hydrogens is 605 g/mol.